The SMILES string of the molecule is COc1cc(OCCCC(C)C)cc(C(=N)N)c1. The molecule has 18 heavy (non-hydrogen) atoms. The van der Waals surface area contributed by atoms with Crippen LogP contribution in [0, 0.1) is 11.3 Å². The summed E-state index contributed by atoms with van der Waals surface area (Å²) >= 11 is 0. The number of amidine groups is 1. The summed E-state index contributed by atoms with van der Waals surface area (Å²) in [6.45, 7) is 5.06. The molecule has 0 bridgehead atoms. The van der Waals surface area contributed by atoms with Crippen molar-refractivity contribution in [1.29, 1.82) is 5.41 Å². The fourth-order valence-corrected chi connectivity index (χ4v) is 1.61. The minimum Gasteiger partial charge on any atom is -0.497 e. The molecule has 0 fully saturated rings. The lowest BCUT2D eigenvalue weighted by Crippen LogP contribution is -2.11. The number of ether oxygens (including phenoxy) is 2. The van der Waals surface area contributed by atoms with Crippen molar-refractivity contribution in [3.63, 3.8) is 0 Å². The summed E-state index contributed by atoms with van der Waals surface area (Å²) in [4.78, 5) is 0. The van der Waals surface area contributed by atoms with Crippen molar-refractivity contribution < 1.29 is 9.47 Å². The Balaban J connectivity index is 2.64. The van der Waals surface area contributed by atoms with E-state index >= 15 is 0 Å². The Hall–Kier alpha value is -1.71. The molecule has 0 aliphatic heterocycles. The molecule has 0 aliphatic carbocycles. The summed E-state index contributed by atoms with van der Waals surface area (Å²) in [7, 11) is 1.59. The number of nitrogens with one attached hydrogen (secondary N) is 1. The quantitative estimate of drug-likeness (QED) is 0.444. The summed E-state index contributed by atoms with van der Waals surface area (Å²) in [5.41, 5.74) is 6.09. The summed E-state index contributed by atoms with van der Waals surface area (Å²) in [6.07, 6.45) is 2.16. The zero-order valence-corrected chi connectivity index (χ0v) is 11.3. The van der Waals surface area contributed by atoms with Crippen LogP contribution in [-0.4, -0.2) is 19.6 Å². The molecule has 0 heterocycles. The van der Waals surface area contributed by atoms with Crippen LogP contribution in [-0.2, 0) is 0 Å². The van der Waals surface area contributed by atoms with Crippen LogP contribution in [0.1, 0.15) is 32.3 Å². The summed E-state index contributed by atoms with van der Waals surface area (Å²) < 4.78 is 10.8. The van der Waals surface area contributed by atoms with E-state index in [2.05, 4.69) is 13.8 Å². The van der Waals surface area contributed by atoms with Gasteiger partial charge in [-0.05, 0) is 30.9 Å². The van der Waals surface area contributed by atoms with Crippen LogP contribution in [0.15, 0.2) is 18.2 Å². The zero-order valence-electron chi connectivity index (χ0n) is 11.3. The zero-order chi connectivity index (χ0) is 13.5. The van der Waals surface area contributed by atoms with Gasteiger partial charge in [-0.3, -0.25) is 5.41 Å². The normalized spacial score (nSPS) is 10.4. The Morgan fingerprint density at radius 2 is 1.94 bits per heavy atom. The second-order valence-corrected chi connectivity index (χ2v) is 4.70. The molecule has 0 unspecified atom stereocenters. The van der Waals surface area contributed by atoms with Gasteiger partial charge in [0.1, 0.15) is 17.3 Å². The highest BCUT2D eigenvalue weighted by atomic mass is 16.5. The number of methoxy groups -OCH3 is 1. The van der Waals surface area contributed by atoms with Crippen molar-refractivity contribution in [2.24, 2.45) is 11.7 Å². The largest absolute Gasteiger partial charge is 0.497 e. The molecule has 1 aromatic rings. The van der Waals surface area contributed by atoms with Crippen molar-refractivity contribution in [2.75, 3.05) is 13.7 Å². The number of rotatable bonds is 7. The molecule has 0 spiro atoms. The van der Waals surface area contributed by atoms with Crippen molar-refractivity contribution >= 4 is 5.84 Å². The maximum Gasteiger partial charge on any atom is 0.123 e. The van der Waals surface area contributed by atoms with Crippen molar-refractivity contribution in [2.45, 2.75) is 26.7 Å². The Bertz CT molecular complexity index is 403. The van der Waals surface area contributed by atoms with Gasteiger partial charge >= 0.3 is 0 Å². The average Bonchev–Trinajstić information content (AvgIpc) is 2.34. The Morgan fingerprint density at radius 1 is 1.28 bits per heavy atom. The third kappa shape index (κ3) is 4.65. The molecular formula is C14H22N2O2. The van der Waals surface area contributed by atoms with Gasteiger partial charge in [-0.2, -0.15) is 0 Å². The van der Waals surface area contributed by atoms with Gasteiger partial charge in [-0.15, -0.1) is 0 Å². The molecule has 0 saturated carbocycles. The molecule has 1 rings (SSSR count). The molecule has 0 amide bonds. The van der Waals surface area contributed by atoms with E-state index in [1.807, 2.05) is 6.07 Å². The molecule has 0 radical (unpaired) electrons. The smallest absolute Gasteiger partial charge is 0.123 e. The van der Waals surface area contributed by atoms with Gasteiger partial charge in [0, 0.05) is 11.6 Å². The van der Waals surface area contributed by atoms with Crippen LogP contribution in [0.3, 0.4) is 0 Å². The number of nitrogen functional groups attached to an aromatic ring is 1. The first kappa shape index (κ1) is 14.4. The van der Waals surface area contributed by atoms with E-state index < -0.39 is 0 Å². The van der Waals surface area contributed by atoms with Crippen LogP contribution < -0.4 is 15.2 Å². The fraction of sp³-hybridized carbons (Fsp3) is 0.500. The summed E-state index contributed by atoms with van der Waals surface area (Å²) in [6, 6.07) is 5.30. The number of nitrogens with two attached hydrogens (primary N) is 1. The first-order valence-electron chi connectivity index (χ1n) is 6.19. The van der Waals surface area contributed by atoms with Gasteiger partial charge in [0.15, 0.2) is 0 Å². The standard InChI is InChI=1S/C14H22N2O2/c1-10(2)5-4-6-18-13-8-11(14(15)16)7-12(9-13)17-3/h7-10H,4-6H2,1-3H3,(H3,15,16). The lowest BCUT2D eigenvalue weighted by molar-refractivity contribution is 0.295. The maximum atomic E-state index is 7.44. The van der Waals surface area contributed by atoms with E-state index in [0.717, 1.165) is 12.8 Å². The Labute approximate surface area is 109 Å². The van der Waals surface area contributed by atoms with Crippen LogP contribution >= 0.6 is 0 Å². The molecule has 100 valence electrons. The van der Waals surface area contributed by atoms with Gasteiger partial charge in [-0.25, -0.2) is 0 Å². The van der Waals surface area contributed by atoms with E-state index in [0.29, 0.717) is 29.6 Å². The fourth-order valence-electron chi connectivity index (χ4n) is 1.61. The highest BCUT2D eigenvalue weighted by Crippen LogP contribution is 2.22. The monoisotopic (exact) mass is 250 g/mol. The third-order valence-corrected chi connectivity index (χ3v) is 2.62. The maximum absolute atomic E-state index is 7.44. The van der Waals surface area contributed by atoms with Crippen molar-refractivity contribution in [3.8, 4) is 11.5 Å². The molecular weight excluding hydrogens is 228 g/mol. The van der Waals surface area contributed by atoms with E-state index in [4.69, 9.17) is 20.6 Å². The molecule has 0 atom stereocenters. The highest BCUT2D eigenvalue weighted by Gasteiger charge is 2.05. The predicted octanol–water partition coefficient (Wildman–Crippen LogP) is 2.79. The van der Waals surface area contributed by atoms with E-state index in [9.17, 15) is 0 Å². The Kier molecular flexibility index (Phi) is 5.49. The van der Waals surface area contributed by atoms with E-state index in [1.54, 1.807) is 19.2 Å². The molecule has 4 heteroatoms. The minimum absolute atomic E-state index is 0.0148. The molecule has 4 nitrogen and oxygen atoms in total. The molecule has 0 aliphatic rings. The Morgan fingerprint density at radius 3 is 2.50 bits per heavy atom. The molecule has 0 aromatic heterocycles. The van der Waals surface area contributed by atoms with Gasteiger partial charge in [0.2, 0.25) is 0 Å². The summed E-state index contributed by atoms with van der Waals surface area (Å²) in [5, 5.41) is 7.44. The lowest BCUT2D eigenvalue weighted by atomic mass is 10.1. The van der Waals surface area contributed by atoms with Gasteiger partial charge < -0.3 is 15.2 Å². The van der Waals surface area contributed by atoms with Crippen LogP contribution in [0.5, 0.6) is 11.5 Å². The minimum atomic E-state index is 0.0148. The van der Waals surface area contributed by atoms with Gasteiger partial charge in [-0.1, -0.05) is 13.8 Å². The topological polar surface area (TPSA) is 68.3 Å². The van der Waals surface area contributed by atoms with Crippen molar-refractivity contribution in [1.82, 2.24) is 0 Å². The van der Waals surface area contributed by atoms with E-state index in [-0.39, 0.29) is 5.84 Å². The van der Waals surface area contributed by atoms with Gasteiger partial charge in [0.25, 0.3) is 0 Å². The molecule has 0 saturated heterocycles. The first-order valence-corrected chi connectivity index (χ1v) is 6.19. The predicted molar refractivity (Wildman–Crippen MR) is 73.6 cm³/mol. The lowest BCUT2D eigenvalue weighted by Gasteiger charge is -2.11. The number of benzene rings is 1. The highest BCUT2D eigenvalue weighted by molar-refractivity contribution is 5.95. The summed E-state index contributed by atoms with van der Waals surface area (Å²) in [5.74, 6) is 2.05. The third-order valence-electron chi connectivity index (χ3n) is 2.62. The average molecular weight is 250 g/mol. The number of hydrogen-bond donors (Lipinski definition) is 2. The van der Waals surface area contributed by atoms with Crippen LogP contribution in [0.2, 0.25) is 0 Å². The second-order valence-electron chi connectivity index (χ2n) is 4.70. The van der Waals surface area contributed by atoms with Crippen molar-refractivity contribution in [3.05, 3.63) is 23.8 Å². The molecule has 3 N–H and O–H groups in total. The van der Waals surface area contributed by atoms with E-state index in [1.165, 1.54) is 0 Å². The number of hydrogen-bond acceptors (Lipinski definition) is 3. The van der Waals surface area contributed by atoms with Crippen LogP contribution in [0.25, 0.3) is 0 Å². The van der Waals surface area contributed by atoms with Gasteiger partial charge in [0.05, 0.1) is 13.7 Å². The second kappa shape index (κ2) is 6.89. The molecule has 1 aromatic carbocycles. The first-order chi connectivity index (χ1) is 8.52. The van der Waals surface area contributed by atoms with Crippen LogP contribution in [0.4, 0.5) is 0 Å².